The lowest BCUT2D eigenvalue weighted by Crippen LogP contribution is -2.49. The first kappa shape index (κ1) is 13.3. The summed E-state index contributed by atoms with van der Waals surface area (Å²) in [7, 11) is 0. The molecule has 94 valence electrons. The van der Waals surface area contributed by atoms with Crippen LogP contribution in [0.2, 0.25) is 0 Å². The largest absolute Gasteiger partial charge is 0.444 e. The fourth-order valence-electron chi connectivity index (χ4n) is 2.05. The van der Waals surface area contributed by atoms with Gasteiger partial charge in [-0.2, -0.15) is 0 Å². The van der Waals surface area contributed by atoms with Gasteiger partial charge in [0.05, 0.1) is 0 Å². The van der Waals surface area contributed by atoms with Gasteiger partial charge in [-0.15, -0.1) is 0 Å². The maximum atomic E-state index is 11.9. The molecule has 0 aliphatic carbocycles. The van der Waals surface area contributed by atoms with Crippen molar-refractivity contribution in [1.29, 1.82) is 0 Å². The van der Waals surface area contributed by atoms with Gasteiger partial charge in [-0.1, -0.05) is 0 Å². The van der Waals surface area contributed by atoms with Crippen molar-refractivity contribution in [3.8, 4) is 0 Å². The van der Waals surface area contributed by atoms with E-state index in [4.69, 9.17) is 4.74 Å². The first-order chi connectivity index (χ1) is 7.35. The first-order valence-electron chi connectivity index (χ1n) is 5.95. The van der Waals surface area contributed by atoms with Gasteiger partial charge in [0.25, 0.3) is 0 Å². The zero-order chi connectivity index (χ0) is 12.3. The summed E-state index contributed by atoms with van der Waals surface area (Å²) >= 11 is 0. The van der Waals surface area contributed by atoms with Gasteiger partial charge in [0.15, 0.2) is 0 Å². The molecule has 0 aromatic carbocycles. The number of piperidine rings is 1. The number of aliphatic hydroxyl groups excluding tert-OH is 1. The summed E-state index contributed by atoms with van der Waals surface area (Å²) in [4.78, 5) is 13.6. The van der Waals surface area contributed by atoms with E-state index in [0.717, 1.165) is 19.4 Å². The summed E-state index contributed by atoms with van der Waals surface area (Å²) in [5, 5.41) is 9.21. The number of amides is 1. The quantitative estimate of drug-likeness (QED) is 0.748. The molecule has 4 nitrogen and oxygen atoms in total. The Kier molecular flexibility index (Phi) is 4.19. The number of hydrogen-bond acceptors (Lipinski definition) is 3. The minimum atomic E-state index is -0.455. The molecular formula is C12H23NO3. The normalized spacial score (nSPS) is 26.7. The molecule has 16 heavy (non-hydrogen) atoms. The number of carbonyl (C=O) groups excluding carboxylic acids is 1. The van der Waals surface area contributed by atoms with E-state index in [0.29, 0.717) is 0 Å². The molecule has 0 bridgehead atoms. The Hall–Kier alpha value is -0.770. The molecule has 0 radical (unpaired) electrons. The Morgan fingerprint density at radius 1 is 1.50 bits per heavy atom. The van der Waals surface area contributed by atoms with Crippen LogP contribution in [0.5, 0.6) is 0 Å². The molecule has 1 aliphatic rings. The summed E-state index contributed by atoms with van der Waals surface area (Å²) in [5.74, 6) is 0.182. The summed E-state index contributed by atoms with van der Waals surface area (Å²) < 4.78 is 5.35. The van der Waals surface area contributed by atoms with E-state index in [2.05, 4.69) is 0 Å². The van der Waals surface area contributed by atoms with Crippen LogP contribution < -0.4 is 0 Å². The average Bonchev–Trinajstić information content (AvgIpc) is 2.15. The van der Waals surface area contributed by atoms with Crippen molar-refractivity contribution in [1.82, 2.24) is 4.90 Å². The van der Waals surface area contributed by atoms with Gasteiger partial charge >= 0.3 is 6.09 Å². The van der Waals surface area contributed by atoms with E-state index < -0.39 is 5.60 Å². The third-order valence-corrected chi connectivity index (χ3v) is 3.01. The Labute approximate surface area is 97.6 Å². The highest BCUT2D eigenvalue weighted by molar-refractivity contribution is 5.68. The van der Waals surface area contributed by atoms with E-state index in [9.17, 15) is 9.90 Å². The molecule has 1 heterocycles. The number of rotatable bonds is 1. The number of likely N-dealkylation sites (tertiary alicyclic amines) is 1. The highest BCUT2D eigenvalue weighted by Crippen LogP contribution is 2.24. The van der Waals surface area contributed by atoms with Crippen LogP contribution in [0.4, 0.5) is 4.79 Å². The predicted octanol–water partition coefficient (Wildman–Crippen LogP) is 2.01. The van der Waals surface area contributed by atoms with Crippen molar-refractivity contribution in [2.24, 2.45) is 5.92 Å². The lowest BCUT2D eigenvalue weighted by molar-refractivity contribution is -0.00285. The molecule has 4 heteroatoms. The van der Waals surface area contributed by atoms with Crippen LogP contribution >= 0.6 is 0 Å². The van der Waals surface area contributed by atoms with Crippen molar-refractivity contribution < 1.29 is 14.6 Å². The molecular weight excluding hydrogens is 206 g/mol. The summed E-state index contributed by atoms with van der Waals surface area (Å²) in [5.41, 5.74) is -0.455. The van der Waals surface area contributed by atoms with Gasteiger partial charge in [0.1, 0.15) is 5.60 Å². The maximum Gasteiger partial charge on any atom is 0.410 e. The fraction of sp³-hybridized carbons (Fsp3) is 0.917. The number of ether oxygens (including phenoxy) is 1. The van der Waals surface area contributed by atoms with Crippen molar-refractivity contribution in [2.75, 3.05) is 13.2 Å². The van der Waals surface area contributed by atoms with Crippen LogP contribution in [-0.2, 0) is 4.74 Å². The molecule has 0 aromatic heterocycles. The van der Waals surface area contributed by atoms with E-state index in [1.807, 2.05) is 27.7 Å². The third kappa shape index (κ3) is 3.37. The van der Waals surface area contributed by atoms with Gasteiger partial charge in [-0.05, 0) is 40.5 Å². The van der Waals surface area contributed by atoms with E-state index in [1.165, 1.54) is 0 Å². The third-order valence-electron chi connectivity index (χ3n) is 3.01. The lowest BCUT2D eigenvalue weighted by Gasteiger charge is -2.39. The van der Waals surface area contributed by atoms with Gasteiger partial charge in [0, 0.05) is 25.1 Å². The minimum Gasteiger partial charge on any atom is -0.444 e. The second-order valence-electron chi connectivity index (χ2n) is 5.50. The zero-order valence-corrected chi connectivity index (χ0v) is 10.7. The van der Waals surface area contributed by atoms with Crippen LogP contribution in [0.15, 0.2) is 0 Å². The molecule has 0 aromatic rings. The SMILES string of the molecule is C[C@@H]1C(CO)CCCN1C(=O)OC(C)(C)C. The zero-order valence-electron chi connectivity index (χ0n) is 10.7. The van der Waals surface area contributed by atoms with E-state index in [-0.39, 0.29) is 24.7 Å². The molecule has 0 saturated carbocycles. The molecule has 1 rings (SSSR count). The lowest BCUT2D eigenvalue weighted by atomic mass is 9.91. The summed E-state index contributed by atoms with van der Waals surface area (Å²) in [6, 6.07) is 0.0635. The molecule has 1 fully saturated rings. The van der Waals surface area contributed by atoms with Crippen LogP contribution in [0.3, 0.4) is 0 Å². The van der Waals surface area contributed by atoms with Crippen molar-refractivity contribution >= 4 is 6.09 Å². The predicted molar refractivity (Wildman–Crippen MR) is 62.2 cm³/mol. The van der Waals surface area contributed by atoms with E-state index >= 15 is 0 Å². The first-order valence-corrected chi connectivity index (χ1v) is 5.95. The van der Waals surface area contributed by atoms with Crippen LogP contribution in [-0.4, -0.2) is 40.9 Å². The van der Waals surface area contributed by atoms with Crippen LogP contribution in [0.25, 0.3) is 0 Å². The van der Waals surface area contributed by atoms with Gasteiger partial charge in [0.2, 0.25) is 0 Å². The van der Waals surface area contributed by atoms with Gasteiger partial charge < -0.3 is 14.7 Å². The minimum absolute atomic E-state index is 0.0635. The second kappa shape index (κ2) is 5.04. The summed E-state index contributed by atoms with van der Waals surface area (Å²) in [6.45, 7) is 8.44. The Morgan fingerprint density at radius 3 is 2.62 bits per heavy atom. The number of nitrogens with zero attached hydrogens (tertiary/aromatic N) is 1. The Morgan fingerprint density at radius 2 is 2.12 bits per heavy atom. The van der Waals surface area contributed by atoms with E-state index in [1.54, 1.807) is 4.90 Å². The highest BCUT2D eigenvalue weighted by Gasteiger charge is 2.33. The average molecular weight is 229 g/mol. The molecule has 1 amide bonds. The van der Waals surface area contributed by atoms with Gasteiger partial charge in [-0.3, -0.25) is 0 Å². The molecule has 2 atom stereocenters. The van der Waals surface area contributed by atoms with Crippen LogP contribution in [0.1, 0.15) is 40.5 Å². The Balaban J connectivity index is 2.61. The van der Waals surface area contributed by atoms with Crippen molar-refractivity contribution in [2.45, 2.75) is 52.2 Å². The van der Waals surface area contributed by atoms with Crippen molar-refractivity contribution in [3.05, 3.63) is 0 Å². The molecule has 0 spiro atoms. The standard InChI is InChI=1S/C12H23NO3/c1-9-10(8-14)6-5-7-13(9)11(15)16-12(2,3)4/h9-10,14H,5-8H2,1-4H3/t9-,10?/m1/s1. The van der Waals surface area contributed by atoms with Crippen LogP contribution in [0, 0.1) is 5.92 Å². The molecule has 1 aliphatic heterocycles. The molecule has 1 saturated heterocycles. The molecule has 1 unspecified atom stereocenters. The van der Waals surface area contributed by atoms with Crippen molar-refractivity contribution in [3.63, 3.8) is 0 Å². The second-order valence-corrected chi connectivity index (χ2v) is 5.50. The highest BCUT2D eigenvalue weighted by atomic mass is 16.6. The fourth-order valence-corrected chi connectivity index (χ4v) is 2.05. The number of aliphatic hydroxyl groups is 1. The smallest absolute Gasteiger partial charge is 0.410 e. The van der Waals surface area contributed by atoms with Gasteiger partial charge in [-0.25, -0.2) is 4.79 Å². The summed E-state index contributed by atoms with van der Waals surface area (Å²) in [6.07, 6.45) is 1.66. The molecule has 1 N–H and O–H groups in total. The topological polar surface area (TPSA) is 49.8 Å². The number of carbonyl (C=O) groups is 1. The monoisotopic (exact) mass is 229 g/mol. The number of hydrogen-bond donors (Lipinski definition) is 1. The maximum absolute atomic E-state index is 11.9. The Bertz CT molecular complexity index is 247.